The summed E-state index contributed by atoms with van der Waals surface area (Å²) in [5.74, 6) is 1.14. The van der Waals surface area contributed by atoms with Crippen LogP contribution < -0.4 is 15.8 Å². The molecule has 0 aliphatic carbocycles. The van der Waals surface area contributed by atoms with E-state index in [2.05, 4.69) is 17.2 Å². The quantitative estimate of drug-likeness (QED) is 0.107. The second kappa shape index (κ2) is 16.3. The van der Waals surface area contributed by atoms with Crippen LogP contribution in [0.15, 0.2) is 60.8 Å². The lowest BCUT2D eigenvalue weighted by Gasteiger charge is -2.13. The molecular formula is C34H43N3O4. The van der Waals surface area contributed by atoms with Gasteiger partial charge in [0.15, 0.2) is 17.3 Å². The minimum absolute atomic E-state index is 0.00872. The molecule has 0 amide bonds. The number of rotatable bonds is 17. The first-order valence-electron chi connectivity index (χ1n) is 14.3. The maximum absolute atomic E-state index is 12.6. The van der Waals surface area contributed by atoms with Crippen molar-refractivity contribution in [1.29, 1.82) is 0 Å². The van der Waals surface area contributed by atoms with Gasteiger partial charge in [0.1, 0.15) is 11.6 Å². The maximum Gasteiger partial charge on any atom is 0.163 e. The van der Waals surface area contributed by atoms with Gasteiger partial charge in [0.2, 0.25) is 0 Å². The van der Waals surface area contributed by atoms with Gasteiger partial charge in [0.25, 0.3) is 0 Å². The van der Waals surface area contributed by atoms with Gasteiger partial charge in [-0.1, -0.05) is 56.2 Å². The molecule has 3 aromatic rings. The number of methoxy groups -OCH3 is 1. The number of unbranched alkanes of at least 4 members (excludes halogenated alkanes) is 2. The minimum atomic E-state index is -0.241. The number of Topliss-reactive ketones (excluding diaryl/α,β-unsaturated/α-hetero) is 1. The fourth-order valence-corrected chi connectivity index (χ4v) is 4.91. The van der Waals surface area contributed by atoms with Crippen molar-refractivity contribution in [3.8, 4) is 11.5 Å². The largest absolute Gasteiger partial charge is 0.504 e. The Bertz CT molecular complexity index is 1320. The van der Waals surface area contributed by atoms with Gasteiger partial charge in [0.05, 0.1) is 13.5 Å². The number of carbonyl (C=O) groups is 2. The van der Waals surface area contributed by atoms with Crippen molar-refractivity contribution in [2.75, 3.05) is 26.4 Å². The standard InChI is InChI=1S/C34H43N3O4/c1-24(22-36-2)10-6-4-9-13-30(38)21-31(39)15-14-27-20-33(41-3)32(40)19-28(27)17-26-18-29(34(35)37-23-26)16-25-11-7-5-8-12-25/h5,7-8,11-12,14-15,18-20,23-24,36,40H,4,6,9-10,13,16-17,21-22H2,1-3H3,(H2,35,37)/b15-14+/t24-/m1/s1. The summed E-state index contributed by atoms with van der Waals surface area (Å²) in [6, 6.07) is 15.4. The van der Waals surface area contributed by atoms with Crippen LogP contribution >= 0.6 is 0 Å². The average molecular weight is 558 g/mol. The lowest BCUT2D eigenvalue weighted by molar-refractivity contribution is -0.124. The second-order valence-electron chi connectivity index (χ2n) is 10.7. The number of hydrogen-bond donors (Lipinski definition) is 3. The summed E-state index contributed by atoms with van der Waals surface area (Å²) in [6.45, 7) is 3.22. The fraction of sp³-hybridized carbons (Fsp3) is 0.382. The Morgan fingerprint density at radius 1 is 1.05 bits per heavy atom. The van der Waals surface area contributed by atoms with Gasteiger partial charge >= 0.3 is 0 Å². The molecule has 1 heterocycles. The van der Waals surface area contributed by atoms with Gasteiger partial charge in [0, 0.05) is 19.0 Å². The summed E-state index contributed by atoms with van der Waals surface area (Å²) >= 11 is 0. The summed E-state index contributed by atoms with van der Waals surface area (Å²) in [4.78, 5) is 29.4. The van der Waals surface area contributed by atoms with E-state index in [9.17, 15) is 14.7 Å². The zero-order valence-corrected chi connectivity index (χ0v) is 24.5. The molecule has 41 heavy (non-hydrogen) atoms. The number of carbonyl (C=O) groups excluding carboxylic acids is 2. The van der Waals surface area contributed by atoms with Crippen LogP contribution in [0.1, 0.15) is 73.3 Å². The normalized spacial score (nSPS) is 12.0. The number of aromatic hydroxyl groups is 1. The number of nitrogens with zero attached hydrogens (tertiary/aromatic N) is 1. The second-order valence-corrected chi connectivity index (χ2v) is 10.7. The molecule has 0 aliphatic heterocycles. The van der Waals surface area contributed by atoms with Crippen LogP contribution in [0.3, 0.4) is 0 Å². The SMILES string of the molecule is CNC[C@H](C)CCCCCC(=O)CC(=O)/C=C/c1cc(OC)c(O)cc1Cc1cnc(N)c(Cc2ccccc2)c1. The molecule has 4 N–H and O–H groups in total. The molecule has 0 saturated heterocycles. The van der Waals surface area contributed by atoms with E-state index in [0.717, 1.165) is 60.0 Å². The molecule has 0 unspecified atom stereocenters. The molecule has 0 aliphatic rings. The molecule has 218 valence electrons. The zero-order chi connectivity index (χ0) is 29.6. The predicted molar refractivity (Wildman–Crippen MR) is 165 cm³/mol. The number of anilines is 1. The minimum Gasteiger partial charge on any atom is -0.504 e. The summed E-state index contributed by atoms with van der Waals surface area (Å²) in [6.07, 6.45) is 10.3. The lowest BCUT2D eigenvalue weighted by Crippen LogP contribution is -2.15. The Balaban J connectivity index is 1.65. The monoisotopic (exact) mass is 557 g/mol. The third-order valence-electron chi connectivity index (χ3n) is 7.16. The third-order valence-corrected chi connectivity index (χ3v) is 7.16. The number of nitrogens with two attached hydrogens (primary N) is 1. The van der Waals surface area contributed by atoms with Crippen LogP contribution in [0.25, 0.3) is 6.08 Å². The average Bonchev–Trinajstić information content (AvgIpc) is 2.95. The van der Waals surface area contributed by atoms with Gasteiger partial charge in [-0.05, 0) is 90.9 Å². The molecule has 0 saturated carbocycles. The van der Waals surface area contributed by atoms with Crippen LogP contribution in [0, 0.1) is 5.92 Å². The van der Waals surface area contributed by atoms with Gasteiger partial charge in [-0.15, -0.1) is 0 Å². The van der Waals surface area contributed by atoms with Gasteiger partial charge in [-0.2, -0.15) is 0 Å². The molecule has 0 radical (unpaired) electrons. The highest BCUT2D eigenvalue weighted by molar-refractivity contribution is 6.06. The van der Waals surface area contributed by atoms with E-state index in [1.165, 1.54) is 13.2 Å². The van der Waals surface area contributed by atoms with E-state index in [0.29, 0.717) is 36.7 Å². The molecular weight excluding hydrogens is 514 g/mol. The highest BCUT2D eigenvalue weighted by Gasteiger charge is 2.13. The van der Waals surface area contributed by atoms with Crippen molar-refractivity contribution in [2.45, 2.75) is 58.3 Å². The number of allylic oxidation sites excluding steroid dienone is 1. The predicted octanol–water partition coefficient (Wildman–Crippen LogP) is 5.91. The molecule has 2 aromatic carbocycles. The van der Waals surface area contributed by atoms with Gasteiger partial charge in [-0.3, -0.25) is 9.59 Å². The number of ether oxygens (including phenoxy) is 1. The first-order valence-corrected chi connectivity index (χ1v) is 14.3. The van der Waals surface area contributed by atoms with E-state index < -0.39 is 0 Å². The van der Waals surface area contributed by atoms with E-state index in [1.54, 1.807) is 24.4 Å². The van der Waals surface area contributed by atoms with Crippen LogP contribution in [-0.2, 0) is 22.4 Å². The molecule has 0 spiro atoms. The van der Waals surface area contributed by atoms with Crippen molar-refractivity contribution in [3.05, 3.63) is 88.6 Å². The van der Waals surface area contributed by atoms with E-state index in [4.69, 9.17) is 10.5 Å². The highest BCUT2D eigenvalue weighted by atomic mass is 16.5. The maximum atomic E-state index is 12.6. The van der Waals surface area contributed by atoms with Gasteiger partial charge in [-0.25, -0.2) is 4.98 Å². The number of hydrogen-bond acceptors (Lipinski definition) is 7. The smallest absolute Gasteiger partial charge is 0.163 e. The van der Waals surface area contributed by atoms with E-state index >= 15 is 0 Å². The number of ketones is 2. The Morgan fingerprint density at radius 3 is 2.54 bits per heavy atom. The Kier molecular flexibility index (Phi) is 12.6. The van der Waals surface area contributed by atoms with Crippen molar-refractivity contribution >= 4 is 23.5 Å². The number of aromatic nitrogens is 1. The van der Waals surface area contributed by atoms with Crippen LogP contribution in [0.4, 0.5) is 5.82 Å². The van der Waals surface area contributed by atoms with Crippen molar-refractivity contribution in [2.24, 2.45) is 5.92 Å². The van der Waals surface area contributed by atoms with E-state index in [1.807, 2.05) is 43.4 Å². The highest BCUT2D eigenvalue weighted by Crippen LogP contribution is 2.32. The number of nitrogens with one attached hydrogen (secondary N) is 1. The van der Waals surface area contributed by atoms with Crippen molar-refractivity contribution < 1.29 is 19.4 Å². The lowest BCUT2D eigenvalue weighted by atomic mass is 9.96. The Morgan fingerprint density at radius 2 is 1.80 bits per heavy atom. The third kappa shape index (κ3) is 10.5. The molecule has 0 bridgehead atoms. The molecule has 0 fully saturated rings. The van der Waals surface area contributed by atoms with Gasteiger partial charge < -0.3 is 20.9 Å². The first kappa shape index (κ1) is 31.6. The number of phenolic OH excluding ortho intramolecular Hbond substituents is 1. The summed E-state index contributed by atoms with van der Waals surface area (Å²) in [7, 11) is 3.44. The van der Waals surface area contributed by atoms with Crippen LogP contribution in [-0.4, -0.2) is 42.4 Å². The topological polar surface area (TPSA) is 115 Å². The zero-order valence-electron chi connectivity index (χ0n) is 24.5. The molecule has 1 aromatic heterocycles. The molecule has 7 nitrogen and oxygen atoms in total. The molecule has 3 rings (SSSR count). The Labute approximate surface area is 243 Å². The van der Waals surface area contributed by atoms with Crippen LogP contribution in [0.5, 0.6) is 11.5 Å². The summed E-state index contributed by atoms with van der Waals surface area (Å²) < 4.78 is 5.30. The molecule has 1 atom stereocenters. The van der Waals surface area contributed by atoms with Crippen LogP contribution in [0.2, 0.25) is 0 Å². The molecule has 7 heteroatoms. The number of phenols is 1. The van der Waals surface area contributed by atoms with Crippen molar-refractivity contribution in [3.63, 3.8) is 0 Å². The Hall–Kier alpha value is -3.97. The first-order chi connectivity index (χ1) is 19.8. The van der Waals surface area contributed by atoms with E-state index in [-0.39, 0.29) is 23.7 Å². The number of benzene rings is 2. The summed E-state index contributed by atoms with van der Waals surface area (Å²) in [5.41, 5.74) is 10.7. The van der Waals surface area contributed by atoms with Crippen molar-refractivity contribution in [1.82, 2.24) is 10.3 Å². The fourth-order valence-electron chi connectivity index (χ4n) is 4.91. The summed E-state index contributed by atoms with van der Waals surface area (Å²) in [5, 5.41) is 13.6. The number of nitrogen functional groups attached to an aromatic ring is 1. The number of pyridine rings is 1.